The molecule has 0 aliphatic carbocycles. The number of aryl methyl sites for hydroxylation is 1. The van der Waals surface area contributed by atoms with Crippen LogP contribution in [0.2, 0.25) is 5.02 Å². The highest BCUT2D eigenvalue weighted by Crippen LogP contribution is 2.16. The van der Waals surface area contributed by atoms with Crippen LogP contribution < -0.4 is 4.90 Å². The normalized spacial score (nSPS) is 10.5. The molecule has 100 valence electrons. The van der Waals surface area contributed by atoms with Crippen molar-refractivity contribution < 1.29 is 0 Å². The fraction of sp³-hybridized carbons (Fsp3) is 0.286. The third-order valence-corrected chi connectivity index (χ3v) is 3.39. The van der Waals surface area contributed by atoms with Gasteiger partial charge in [-0.3, -0.25) is 0 Å². The maximum Gasteiger partial charge on any atom is 0.225 e. The lowest BCUT2D eigenvalue weighted by molar-refractivity contribution is 0.854. The van der Waals surface area contributed by atoms with Crippen molar-refractivity contribution in [1.82, 2.24) is 9.97 Å². The Hall–Kier alpha value is -1.32. The second kappa shape index (κ2) is 6.22. The number of hydrogen-bond acceptors (Lipinski definition) is 3. The van der Waals surface area contributed by atoms with Crippen molar-refractivity contribution in [2.45, 2.75) is 19.3 Å². The minimum Gasteiger partial charge on any atom is -0.340 e. The molecule has 0 saturated carbocycles. The third-order valence-electron chi connectivity index (χ3n) is 2.86. The highest BCUT2D eigenvalue weighted by Gasteiger charge is 2.08. The molecule has 0 amide bonds. The molecule has 0 radical (unpaired) electrons. The first-order valence-corrected chi connectivity index (χ1v) is 6.85. The van der Waals surface area contributed by atoms with Crippen molar-refractivity contribution >= 4 is 29.2 Å². The van der Waals surface area contributed by atoms with Gasteiger partial charge in [-0.1, -0.05) is 23.7 Å². The van der Waals surface area contributed by atoms with Crippen molar-refractivity contribution in [1.29, 1.82) is 0 Å². The van der Waals surface area contributed by atoms with Gasteiger partial charge in [0.2, 0.25) is 5.95 Å². The van der Waals surface area contributed by atoms with Crippen molar-refractivity contribution in [3.63, 3.8) is 0 Å². The first-order valence-electron chi connectivity index (χ1n) is 5.94. The fourth-order valence-corrected chi connectivity index (χ4v) is 2.25. The summed E-state index contributed by atoms with van der Waals surface area (Å²) in [5.74, 6) is 1.12. The van der Waals surface area contributed by atoms with Crippen molar-refractivity contribution in [2.75, 3.05) is 11.9 Å². The van der Waals surface area contributed by atoms with Crippen LogP contribution in [0.15, 0.2) is 30.5 Å². The van der Waals surface area contributed by atoms with Crippen molar-refractivity contribution in [3.8, 4) is 0 Å². The second-order valence-corrected chi connectivity index (χ2v) is 5.10. The lowest BCUT2D eigenvalue weighted by Gasteiger charge is -2.18. The maximum atomic E-state index is 5.97. The Kier molecular flexibility index (Phi) is 4.61. The number of alkyl halides is 1. The summed E-state index contributed by atoms with van der Waals surface area (Å²) < 4.78 is 0. The number of nitrogens with zero attached hydrogens (tertiary/aromatic N) is 3. The molecule has 1 heterocycles. The summed E-state index contributed by atoms with van der Waals surface area (Å²) >= 11 is 11.8. The Balaban J connectivity index is 2.15. The number of benzene rings is 1. The van der Waals surface area contributed by atoms with Crippen molar-refractivity contribution in [3.05, 3.63) is 52.3 Å². The zero-order chi connectivity index (χ0) is 13.8. The van der Waals surface area contributed by atoms with Crippen LogP contribution in [-0.2, 0) is 12.4 Å². The highest BCUT2D eigenvalue weighted by molar-refractivity contribution is 6.30. The molecule has 1 aromatic heterocycles. The topological polar surface area (TPSA) is 29.0 Å². The Labute approximate surface area is 123 Å². The summed E-state index contributed by atoms with van der Waals surface area (Å²) in [6.07, 6.45) is 1.78. The van der Waals surface area contributed by atoms with E-state index in [1.807, 2.05) is 43.1 Å². The van der Waals surface area contributed by atoms with Gasteiger partial charge in [0.05, 0.1) is 5.88 Å². The standard InChI is InChI=1S/C14H15Cl2N3/c1-10-12(7-15)8-17-14(18-10)19(2)9-11-4-3-5-13(16)6-11/h3-6,8H,7,9H2,1-2H3. The largest absolute Gasteiger partial charge is 0.340 e. The summed E-state index contributed by atoms with van der Waals surface area (Å²) in [4.78, 5) is 10.8. The summed E-state index contributed by atoms with van der Waals surface area (Å²) in [6.45, 7) is 2.65. The average molecular weight is 296 g/mol. The molecule has 0 atom stereocenters. The molecule has 1 aromatic carbocycles. The number of halogens is 2. The van der Waals surface area contributed by atoms with Crippen LogP contribution in [0.1, 0.15) is 16.8 Å². The van der Waals surface area contributed by atoms with E-state index < -0.39 is 0 Å². The van der Waals surface area contributed by atoms with E-state index in [2.05, 4.69) is 9.97 Å². The monoisotopic (exact) mass is 295 g/mol. The van der Waals surface area contributed by atoms with Gasteiger partial charge in [0.15, 0.2) is 0 Å². The van der Waals surface area contributed by atoms with Gasteiger partial charge in [0, 0.05) is 36.1 Å². The van der Waals surface area contributed by atoms with E-state index in [1.165, 1.54) is 0 Å². The van der Waals surface area contributed by atoms with E-state index >= 15 is 0 Å². The van der Waals surface area contributed by atoms with Crippen LogP contribution in [0, 0.1) is 6.92 Å². The molecule has 0 saturated heterocycles. The van der Waals surface area contributed by atoms with Crippen LogP contribution in [0.5, 0.6) is 0 Å². The van der Waals surface area contributed by atoms with Crippen LogP contribution in [0.25, 0.3) is 0 Å². The highest BCUT2D eigenvalue weighted by atomic mass is 35.5. The molecule has 0 spiro atoms. The van der Waals surface area contributed by atoms with Gasteiger partial charge in [-0.05, 0) is 24.6 Å². The van der Waals surface area contributed by atoms with E-state index in [1.54, 1.807) is 6.20 Å². The molecule has 0 aliphatic rings. The van der Waals surface area contributed by atoms with E-state index in [0.29, 0.717) is 18.4 Å². The van der Waals surface area contributed by atoms with Crippen LogP contribution in [0.3, 0.4) is 0 Å². The van der Waals surface area contributed by atoms with Gasteiger partial charge in [-0.15, -0.1) is 11.6 Å². The minimum absolute atomic E-state index is 0.435. The van der Waals surface area contributed by atoms with Crippen LogP contribution in [-0.4, -0.2) is 17.0 Å². The van der Waals surface area contributed by atoms with Crippen molar-refractivity contribution in [2.24, 2.45) is 0 Å². The molecule has 19 heavy (non-hydrogen) atoms. The molecule has 5 heteroatoms. The number of anilines is 1. The minimum atomic E-state index is 0.435. The summed E-state index contributed by atoms with van der Waals surface area (Å²) in [5.41, 5.74) is 3.00. The predicted molar refractivity (Wildman–Crippen MR) is 79.9 cm³/mol. The molecule has 2 aromatic rings. The number of hydrogen-bond donors (Lipinski definition) is 0. The third kappa shape index (κ3) is 3.58. The molecule has 0 bridgehead atoms. The maximum absolute atomic E-state index is 5.97. The first-order chi connectivity index (χ1) is 9.10. The Morgan fingerprint density at radius 2 is 2.11 bits per heavy atom. The Bertz CT molecular complexity index is 572. The van der Waals surface area contributed by atoms with Crippen LogP contribution >= 0.6 is 23.2 Å². The Morgan fingerprint density at radius 1 is 1.32 bits per heavy atom. The van der Waals surface area contributed by atoms with Gasteiger partial charge in [0.1, 0.15) is 0 Å². The van der Waals surface area contributed by atoms with E-state index in [-0.39, 0.29) is 0 Å². The Morgan fingerprint density at radius 3 is 2.74 bits per heavy atom. The molecule has 0 fully saturated rings. The van der Waals surface area contributed by atoms with E-state index in [4.69, 9.17) is 23.2 Å². The molecule has 2 rings (SSSR count). The second-order valence-electron chi connectivity index (χ2n) is 4.40. The van der Waals surface area contributed by atoms with Gasteiger partial charge in [0.25, 0.3) is 0 Å². The first kappa shape index (κ1) is 14.1. The van der Waals surface area contributed by atoms with Gasteiger partial charge < -0.3 is 4.90 Å². The van der Waals surface area contributed by atoms with E-state index in [0.717, 1.165) is 21.8 Å². The summed E-state index contributed by atoms with van der Waals surface area (Å²) in [5, 5.41) is 0.737. The summed E-state index contributed by atoms with van der Waals surface area (Å²) in [6, 6.07) is 7.77. The predicted octanol–water partition coefficient (Wildman–Crippen LogP) is 3.81. The SMILES string of the molecule is Cc1nc(N(C)Cc2cccc(Cl)c2)ncc1CCl. The number of aromatic nitrogens is 2. The molecule has 0 unspecified atom stereocenters. The lowest BCUT2D eigenvalue weighted by atomic mass is 10.2. The molecular formula is C14H15Cl2N3. The fourth-order valence-electron chi connectivity index (χ4n) is 1.77. The molecule has 3 nitrogen and oxygen atoms in total. The zero-order valence-corrected chi connectivity index (χ0v) is 12.4. The zero-order valence-electron chi connectivity index (χ0n) is 10.9. The number of rotatable bonds is 4. The summed E-state index contributed by atoms with van der Waals surface area (Å²) in [7, 11) is 1.95. The molecule has 0 aliphatic heterocycles. The van der Waals surface area contributed by atoms with Crippen LogP contribution in [0.4, 0.5) is 5.95 Å². The van der Waals surface area contributed by atoms with Gasteiger partial charge >= 0.3 is 0 Å². The van der Waals surface area contributed by atoms with Gasteiger partial charge in [-0.2, -0.15) is 0 Å². The van der Waals surface area contributed by atoms with Gasteiger partial charge in [-0.25, -0.2) is 9.97 Å². The lowest BCUT2D eigenvalue weighted by Crippen LogP contribution is -2.19. The van der Waals surface area contributed by atoms with E-state index in [9.17, 15) is 0 Å². The molecule has 0 N–H and O–H groups in total. The quantitative estimate of drug-likeness (QED) is 0.803. The molecular weight excluding hydrogens is 281 g/mol. The smallest absolute Gasteiger partial charge is 0.225 e. The average Bonchev–Trinajstić information content (AvgIpc) is 2.38.